The number of hydrogen-bond acceptors (Lipinski definition) is 2. The molecule has 2 aromatic rings. The minimum absolute atomic E-state index is 0.154. The molecule has 2 nitrogen and oxygen atoms in total. The Morgan fingerprint density at radius 1 is 1.16 bits per heavy atom. The first-order valence-corrected chi connectivity index (χ1v) is 6.32. The summed E-state index contributed by atoms with van der Waals surface area (Å²) >= 11 is 6.17. The van der Waals surface area contributed by atoms with Crippen molar-refractivity contribution in [2.75, 3.05) is 0 Å². The summed E-state index contributed by atoms with van der Waals surface area (Å²) in [5.74, 6) is 7.21. The number of rotatable bonds is 2. The average Bonchev–Trinajstić information content (AvgIpc) is 2.40. The quantitative estimate of drug-likeness (QED) is 0.843. The molecule has 1 atom stereocenters. The molecule has 3 heteroatoms. The van der Waals surface area contributed by atoms with Crippen molar-refractivity contribution in [1.29, 1.82) is 0 Å². The van der Waals surface area contributed by atoms with Crippen LogP contribution in [0.3, 0.4) is 0 Å². The van der Waals surface area contributed by atoms with E-state index in [1.165, 1.54) is 0 Å². The summed E-state index contributed by atoms with van der Waals surface area (Å²) in [4.78, 5) is 0. The number of ether oxygens (including phenoxy) is 1. The summed E-state index contributed by atoms with van der Waals surface area (Å²) in [5, 5.41) is 0.528. The van der Waals surface area contributed by atoms with Crippen molar-refractivity contribution in [3.05, 3.63) is 59.1 Å². The molecule has 0 aliphatic heterocycles. The van der Waals surface area contributed by atoms with E-state index in [0.29, 0.717) is 10.8 Å². The largest absolute Gasteiger partial charge is 0.456 e. The van der Waals surface area contributed by atoms with Gasteiger partial charge in [-0.2, -0.15) is 0 Å². The Morgan fingerprint density at radius 3 is 2.53 bits per heavy atom. The van der Waals surface area contributed by atoms with Crippen molar-refractivity contribution in [2.24, 2.45) is 5.73 Å². The summed E-state index contributed by atoms with van der Waals surface area (Å²) in [6, 6.07) is 14.8. The van der Waals surface area contributed by atoms with Gasteiger partial charge >= 0.3 is 0 Å². The fraction of sp³-hybridized carbons (Fsp3) is 0.125. The maximum atomic E-state index is 6.17. The molecule has 0 aliphatic rings. The van der Waals surface area contributed by atoms with Crippen LogP contribution in [0.5, 0.6) is 11.5 Å². The lowest BCUT2D eigenvalue weighted by Crippen LogP contribution is -2.10. The highest BCUT2D eigenvalue weighted by atomic mass is 35.5. The molecular weight excluding hydrogens is 258 g/mol. The Labute approximate surface area is 118 Å². The minimum Gasteiger partial charge on any atom is -0.456 e. The van der Waals surface area contributed by atoms with Gasteiger partial charge in [0.05, 0.1) is 11.1 Å². The van der Waals surface area contributed by atoms with Gasteiger partial charge in [0.25, 0.3) is 0 Å². The van der Waals surface area contributed by atoms with Crippen LogP contribution in [0.15, 0.2) is 48.5 Å². The smallest absolute Gasteiger partial charge is 0.146 e. The number of para-hydroxylation sites is 1. The van der Waals surface area contributed by atoms with Crippen molar-refractivity contribution < 1.29 is 4.74 Å². The molecule has 1 unspecified atom stereocenters. The van der Waals surface area contributed by atoms with E-state index in [1.807, 2.05) is 43.3 Å². The van der Waals surface area contributed by atoms with E-state index in [4.69, 9.17) is 22.1 Å². The molecule has 2 aromatic carbocycles. The van der Waals surface area contributed by atoms with E-state index in [1.54, 1.807) is 12.1 Å². The van der Waals surface area contributed by atoms with E-state index in [2.05, 4.69) is 11.8 Å². The molecule has 0 fully saturated rings. The zero-order valence-corrected chi connectivity index (χ0v) is 11.3. The molecule has 0 heterocycles. The van der Waals surface area contributed by atoms with E-state index in [0.717, 1.165) is 11.3 Å². The fourth-order valence-electron chi connectivity index (χ4n) is 1.47. The fourth-order valence-corrected chi connectivity index (χ4v) is 1.69. The Kier molecular flexibility index (Phi) is 4.46. The monoisotopic (exact) mass is 271 g/mol. The molecule has 0 bridgehead atoms. The molecular formula is C16H14ClNO. The van der Waals surface area contributed by atoms with Gasteiger partial charge in [0.2, 0.25) is 0 Å². The van der Waals surface area contributed by atoms with Crippen molar-refractivity contribution >= 4 is 11.6 Å². The van der Waals surface area contributed by atoms with Gasteiger partial charge < -0.3 is 10.5 Å². The van der Waals surface area contributed by atoms with Gasteiger partial charge in [0.1, 0.15) is 11.5 Å². The first-order valence-electron chi connectivity index (χ1n) is 5.95. The first kappa shape index (κ1) is 13.5. The maximum Gasteiger partial charge on any atom is 0.146 e. The highest BCUT2D eigenvalue weighted by Crippen LogP contribution is 2.29. The predicted molar refractivity (Wildman–Crippen MR) is 78.5 cm³/mol. The lowest BCUT2D eigenvalue weighted by atomic mass is 10.2. The van der Waals surface area contributed by atoms with Crippen LogP contribution in [0.4, 0.5) is 0 Å². The molecule has 0 spiro atoms. The summed E-state index contributed by atoms with van der Waals surface area (Å²) in [6.07, 6.45) is 0. The molecule has 19 heavy (non-hydrogen) atoms. The van der Waals surface area contributed by atoms with Crippen LogP contribution in [0.2, 0.25) is 5.02 Å². The van der Waals surface area contributed by atoms with Crippen LogP contribution in [-0.2, 0) is 0 Å². The van der Waals surface area contributed by atoms with Gasteiger partial charge in [-0.1, -0.05) is 41.6 Å². The molecule has 0 aromatic heterocycles. The number of nitrogens with two attached hydrogens (primary N) is 1. The first-order chi connectivity index (χ1) is 9.15. The molecule has 2 N–H and O–H groups in total. The molecule has 2 rings (SSSR count). The maximum absolute atomic E-state index is 6.17. The molecule has 0 amide bonds. The summed E-state index contributed by atoms with van der Waals surface area (Å²) in [5.41, 5.74) is 6.40. The zero-order valence-electron chi connectivity index (χ0n) is 10.6. The highest BCUT2D eigenvalue weighted by Gasteiger charge is 2.03. The minimum atomic E-state index is -0.154. The van der Waals surface area contributed by atoms with Gasteiger partial charge in [-0.15, -0.1) is 0 Å². The second-order valence-corrected chi connectivity index (χ2v) is 4.53. The Hall–Kier alpha value is -1.95. The second kappa shape index (κ2) is 6.29. The van der Waals surface area contributed by atoms with Gasteiger partial charge in [-0.05, 0) is 37.3 Å². The van der Waals surface area contributed by atoms with Crippen LogP contribution < -0.4 is 10.5 Å². The Morgan fingerprint density at radius 2 is 1.89 bits per heavy atom. The lowest BCUT2D eigenvalue weighted by Gasteiger charge is -2.07. The molecule has 0 radical (unpaired) electrons. The summed E-state index contributed by atoms with van der Waals surface area (Å²) in [6.45, 7) is 1.83. The van der Waals surface area contributed by atoms with Crippen molar-refractivity contribution in [1.82, 2.24) is 0 Å². The third-order valence-corrected chi connectivity index (χ3v) is 2.64. The number of halogens is 1. The third-order valence-electron chi connectivity index (χ3n) is 2.35. The van der Waals surface area contributed by atoms with E-state index < -0.39 is 0 Å². The van der Waals surface area contributed by atoms with E-state index >= 15 is 0 Å². The zero-order chi connectivity index (χ0) is 13.7. The SMILES string of the molecule is CC(N)C#Cc1ccc(Oc2ccccc2)c(Cl)c1. The molecule has 0 aliphatic carbocycles. The second-order valence-electron chi connectivity index (χ2n) is 4.12. The van der Waals surface area contributed by atoms with Crippen molar-refractivity contribution in [2.45, 2.75) is 13.0 Å². The van der Waals surface area contributed by atoms with Gasteiger partial charge in [-0.3, -0.25) is 0 Å². The standard InChI is InChI=1S/C16H14ClNO/c1-12(18)7-8-13-9-10-16(15(17)11-13)19-14-5-3-2-4-6-14/h2-6,9-12H,18H2,1H3. The van der Waals surface area contributed by atoms with Crippen molar-refractivity contribution in [3.8, 4) is 23.3 Å². The normalized spacial score (nSPS) is 11.3. The topological polar surface area (TPSA) is 35.2 Å². The van der Waals surface area contributed by atoms with Crippen LogP contribution in [-0.4, -0.2) is 6.04 Å². The molecule has 0 saturated heterocycles. The third kappa shape index (κ3) is 4.03. The van der Waals surface area contributed by atoms with Crippen molar-refractivity contribution in [3.63, 3.8) is 0 Å². The van der Waals surface area contributed by atoms with Crippen LogP contribution in [0.25, 0.3) is 0 Å². The highest BCUT2D eigenvalue weighted by molar-refractivity contribution is 6.32. The predicted octanol–water partition coefficient (Wildman–Crippen LogP) is 3.83. The summed E-state index contributed by atoms with van der Waals surface area (Å²) in [7, 11) is 0. The van der Waals surface area contributed by atoms with Gasteiger partial charge in [0, 0.05) is 5.56 Å². The molecule has 0 saturated carbocycles. The Balaban J connectivity index is 2.19. The van der Waals surface area contributed by atoms with Crippen LogP contribution >= 0.6 is 11.6 Å². The van der Waals surface area contributed by atoms with E-state index in [9.17, 15) is 0 Å². The lowest BCUT2D eigenvalue weighted by molar-refractivity contribution is 0.483. The van der Waals surface area contributed by atoms with Crippen LogP contribution in [0.1, 0.15) is 12.5 Å². The average molecular weight is 272 g/mol. The Bertz CT molecular complexity index is 612. The van der Waals surface area contributed by atoms with Crippen LogP contribution in [0, 0.1) is 11.8 Å². The summed E-state index contributed by atoms with van der Waals surface area (Å²) < 4.78 is 5.68. The number of hydrogen-bond donors (Lipinski definition) is 1. The number of benzene rings is 2. The van der Waals surface area contributed by atoms with Gasteiger partial charge in [-0.25, -0.2) is 0 Å². The van der Waals surface area contributed by atoms with E-state index in [-0.39, 0.29) is 6.04 Å². The molecule has 96 valence electrons. The van der Waals surface area contributed by atoms with Gasteiger partial charge in [0.15, 0.2) is 0 Å².